The molecule has 36 heavy (non-hydrogen) atoms. The molecule has 6 rings (SSSR count). The first-order chi connectivity index (χ1) is 17.7. The highest BCUT2D eigenvalue weighted by Gasteiger charge is 2.35. The molecular formula is C30H29N5O. The third-order valence-corrected chi connectivity index (χ3v) is 7.18. The summed E-state index contributed by atoms with van der Waals surface area (Å²) in [6.07, 6.45) is 6.41. The van der Waals surface area contributed by atoms with E-state index in [2.05, 4.69) is 64.5 Å². The second-order valence-corrected chi connectivity index (χ2v) is 9.92. The third kappa shape index (κ3) is 4.57. The first-order valence-electron chi connectivity index (χ1n) is 12.8. The Bertz CT molecular complexity index is 1460. The molecule has 0 bridgehead atoms. The van der Waals surface area contributed by atoms with Crippen molar-refractivity contribution in [2.45, 2.75) is 38.1 Å². The van der Waals surface area contributed by atoms with E-state index in [0.29, 0.717) is 5.91 Å². The standard InChI is InChI=1S/C30H29N5O/c31-15-14-27-20-35(29(33-27)24-13-10-21-5-1-2-6-23(21)17-24)28-9-3-7-25(18-28)32-26-8-4-16-34(19-26)30(36)22-11-12-22/h1-3,5-7,9-10,13,17-18,20,22,26,32H,4,8,11-12,14,16,19H2. The molecule has 180 valence electrons. The number of amides is 1. The summed E-state index contributed by atoms with van der Waals surface area (Å²) in [6, 6.07) is 25.4. The summed E-state index contributed by atoms with van der Waals surface area (Å²) in [7, 11) is 0. The van der Waals surface area contributed by atoms with Crippen molar-refractivity contribution in [1.82, 2.24) is 14.5 Å². The van der Waals surface area contributed by atoms with Gasteiger partial charge in [-0.15, -0.1) is 0 Å². The predicted molar refractivity (Wildman–Crippen MR) is 142 cm³/mol. The van der Waals surface area contributed by atoms with Gasteiger partial charge in [-0.3, -0.25) is 9.36 Å². The Labute approximate surface area is 211 Å². The van der Waals surface area contributed by atoms with Crippen molar-refractivity contribution in [2.24, 2.45) is 5.92 Å². The molecule has 1 atom stereocenters. The van der Waals surface area contributed by atoms with E-state index in [0.717, 1.165) is 72.6 Å². The number of rotatable bonds is 6. The van der Waals surface area contributed by atoms with Gasteiger partial charge in [-0.05, 0) is 60.7 Å². The van der Waals surface area contributed by atoms with Crippen molar-refractivity contribution in [3.05, 3.63) is 78.6 Å². The first kappa shape index (κ1) is 22.4. The Morgan fingerprint density at radius 3 is 2.72 bits per heavy atom. The van der Waals surface area contributed by atoms with E-state index in [-0.39, 0.29) is 18.4 Å². The largest absolute Gasteiger partial charge is 0.380 e. The maximum atomic E-state index is 12.6. The number of hydrogen-bond donors (Lipinski definition) is 1. The molecule has 1 saturated heterocycles. The van der Waals surface area contributed by atoms with Gasteiger partial charge in [0.25, 0.3) is 0 Å². The van der Waals surface area contributed by atoms with Crippen LogP contribution in [0.1, 0.15) is 31.4 Å². The number of nitrogens with one attached hydrogen (secondary N) is 1. The second-order valence-electron chi connectivity index (χ2n) is 9.92. The molecule has 1 aliphatic carbocycles. The van der Waals surface area contributed by atoms with Crippen LogP contribution in [-0.4, -0.2) is 39.5 Å². The number of fused-ring (bicyclic) bond motifs is 1. The number of nitriles is 1. The number of piperidine rings is 1. The zero-order valence-electron chi connectivity index (χ0n) is 20.2. The summed E-state index contributed by atoms with van der Waals surface area (Å²) in [5.74, 6) is 1.42. The fourth-order valence-electron chi connectivity index (χ4n) is 5.19. The van der Waals surface area contributed by atoms with Crippen LogP contribution in [0.25, 0.3) is 27.8 Å². The number of imidazole rings is 1. The van der Waals surface area contributed by atoms with Gasteiger partial charge in [-0.2, -0.15) is 5.26 Å². The molecule has 0 radical (unpaired) electrons. The molecule has 1 unspecified atom stereocenters. The van der Waals surface area contributed by atoms with Gasteiger partial charge < -0.3 is 10.2 Å². The van der Waals surface area contributed by atoms with Gasteiger partial charge >= 0.3 is 0 Å². The second kappa shape index (κ2) is 9.50. The van der Waals surface area contributed by atoms with Gasteiger partial charge in [0, 0.05) is 48.2 Å². The number of hydrogen-bond acceptors (Lipinski definition) is 4. The van der Waals surface area contributed by atoms with Crippen LogP contribution in [0.15, 0.2) is 72.9 Å². The minimum absolute atomic E-state index is 0.244. The SMILES string of the molecule is N#CCc1cn(-c2cccc(NC3CCCN(C(=O)C4CC4)C3)c2)c(-c2ccc3ccccc3c2)n1. The predicted octanol–water partition coefficient (Wildman–Crippen LogP) is 5.57. The molecule has 2 aliphatic rings. The Morgan fingerprint density at radius 1 is 1.03 bits per heavy atom. The number of benzene rings is 3. The smallest absolute Gasteiger partial charge is 0.225 e. The van der Waals surface area contributed by atoms with E-state index in [9.17, 15) is 10.1 Å². The van der Waals surface area contributed by atoms with E-state index in [1.54, 1.807) is 0 Å². The number of carbonyl (C=O) groups excluding carboxylic acids is 1. The van der Waals surface area contributed by atoms with Gasteiger partial charge in [0.1, 0.15) is 5.82 Å². The lowest BCUT2D eigenvalue weighted by molar-refractivity contribution is -0.133. The Balaban J connectivity index is 1.29. The van der Waals surface area contributed by atoms with Crippen LogP contribution in [0.2, 0.25) is 0 Å². The quantitative estimate of drug-likeness (QED) is 0.396. The number of nitrogens with zero attached hydrogens (tertiary/aromatic N) is 4. The van der Waals surface area contributed by atoms with Crippen molar-refractivity contribution in [1.29, 1.82) is 5.26 Å². The number of likely N-dealkylation sites (tertiary alicyclic amines) is 1. The first-order valence-corrected chi connectivity index (χ1v) is 12.8. The lowest BCUT2D eigenvalue weighted by Gasteiger charge is -2.34. The van der Waals surface area contributed by atoms with Crippen LogP contribution in [0, 0.1) is 17.2 Å². The molecule has 1 amide bonds. The highest BCUT2D eigenvalue weighted by molar-refractivity contribution is 5.86. The van der Waals surface area contributed by atoms with Crippen LogP contribution < -0.4 is 5.32 Å². The summed E-state index contributed by atoms with van der Waals surface area (Å²) in [4.78, 5) is 19.4. The summed E-state index contributed by atoms with van der Waals surface area (Å²) >= 11 is 0. The lowest BCUT2D eigenvalue weighted by atomic mass is 10.0. The zero-order chi connectivity index (χ0) is 24.5. The highest BCUT2D eigenvalue weighted by atomic mass is 16.2. The Kier molecular flexibility index (Phi) is 5.90. The minimum atomic E-state index is 0.244. The Hall–Kier alpha value is -4.11. The summed E-state index contributed by atoms with van der Waals surface area (Å²) in [5, 5.41) is 15.3. The highest BCUT2D eigenvalue weighted by Crippen LogP contribution is 2.32. The fourth-order valence-corrected chi connectivity index (χ4v) is 5.19. The summed E-state index contributed by atoms with van der Waals surface area (Å²) in [6.45, 7) is 1.64. The van der Waals surface area contributed by atoms with Crippen molar-refractivity contribution >= 4 is 22.4 Å². The van der Waals surface area contributed by atoms with Gasteiger partial charge in [-0.1, -0.05) is 42.5 Å². The monoisotopic (exact) mass is 475 g/mol. The topological polar surface area (TPSA) is 74.0 Å². The van der Waals surface area contributed by atoms with Crippen LogP contribution in [-0.2, 0) is 11.2 Å². The van der Waals surface area contributed by atoms with E-state index < -0.39 is 0 Å². The number of aromatic nitrogens is 2. The van der Waals surface area contributed by atoms with E-state index >= 15 is 0 Å². The Morgan fingerprint density at radius 2 is 1.89 bits per heavy atom. The summed E-state index contributed by atoms with van der Waals surface area (Å²) < 4.78 is 2.08. The molecule has 3 aromatic carbocycles. The molecule has 1 aromatic heterocycles. The van der Waals surface area contributed by atoms with Crippen LogP contribution in [0.3, 0.4) is 0 Å². The molecule has 0 spiro atoms. The van der Waals surface area contributed by atoms with E-state index in [4.69, 9.17) is 4.98 Å². The fraction of sp³-hybridized carbons (Fsp3) is 0.300. The zero-order valence-corrected chi connectivity index (χ0v) is 20.2. The van der Waals surface area contributed by atoms with Gasteiger partial charge in [0.2, 0.25) is 5.91 Å². The third-order valence-electron chi connectivity index (χ3n) is 7.18. The molecule has 1 aliphatic heterocycles. The maximum Gasteiger partial charge on any atom is 0.225 e. The van der Waals surface area contributed by atoms with Crippen molar-refractivity contribution in [3.8, 4) is 23.1 Å². The molecular weight excluding hydrogens is 446 g/mol. The number of carbonyl (C=O) groups is 1. The molecule has 6 heteroatoms. The van der Waals surface area contributed by atoms with Crippen molar-refractivity contribution in [3.63, 3.8) is 0 Å². The average molecular weight is 476 g/mol. The van der Waals surface area contributed by atoms with Crippen LogP contribution >= 0.6 is 0 Å². The maximum absolute atomic E-state index is 12.6. The van der Waals surface area contributed by atoms with E-state index in [1.165, 1.54) is 5.39 Å². The van der Waals surface area contributed by atoms with Crippen LogP contribution in [0.4, 0.5) is 5.69 Å². The van der Waals surface area contributed by atoms with Crippen molar-refractivity contribution in [2.75, 3.05) is 18.4 Å². The molecule has 6 nitrogen and oxygen atoms in total. The van der Waals surface area contributed by atoms with Crippen LogP contribution in [0.5, 0.6) is 0 Å². The van der Waals surface area contributed by atoms with Gasteiger partial charge in [0.15, 0.2) is 0 Å². The van der Waals surface area contributed by atoms with Gasteiger partial charge in [0.05, 0.1) is 18.2 Å². The van der Waals surface area contributed by atoms with Crippen molar-refractivity contribution < 1.29 is 4.79 Å². The molecule has 2 fully saturated rings. The summed E-state index contributed by atoms with van der Waals surface area (Å²) in [5.41, 5.74) is 3.78. The lowest BCUT2D eigenvalue weighted by Crippen LogP contribution is -2.45. The molecule has 2 heterocycles. The average Bonchev–Trinajstić information content (AvgIpc) is 3.68. The van der Waals surface area contributed by atoms with Gasteiger partial charge in [-0.25, -0.2) is 4.98 Å². The minimum Gasteiger partial charge on any atom is -0.380 e. The number of anilines is 1. The molecule has 1 saturated carbocycles. The van der Waals surface area contributed by atoms with E-state index in [1.807, 2.05) is 29.3 Å². The molecule has 4 aromatic rings. The molecule has 1 N–H and O–H groups in total. The normalized spacial score (nSPS) is 17.6.